The van der Waals surface area contributed by atoms with Crippen molar-refractivity contribution in [3.63, 3.8) is 0 Å². The molecule has 6 nitrogen and oxygen atoms in total. The van der Waals surface area contributed by atoms with Gasteiger partial charge in [-0.2, -0.15) is 18.3 Å². The number of likely N-dealkylation sites (tertiary alicyclic amines) is 1. The topological polar surface area (TPSA) is 67.6 Å². The first-order valence-electron chi connectivity index (χ1n) is 9.07. The Morgan fingerprint density at radius 3 is 2.48 bits per heavy atom. The Hall–Kier alpha value is -2.99. The number of terminal acetylenes is 1. The third-order valence-electron chi connectivity index (χ3n) is 5.48. The number of halogens is 3. The number of aliphatic hydroxyl groups is 1. The summed E-state index contributed by atoms with van der Waals surface area (Å²) in [5.41, 5.74) is 2.53. The molecule has 2 heterocycles. The van der Waals surface area contributed by atoms with Crippen molar-refractivity contribution in [2.45, 2.75) is 18.2 Å². The molecular formula is C20H18F3N3O3. The van der Waals surface area contributed by atoms with Crippen LogP contribution in [0, 0.1) is 24.2 Å². The van der Waals surface area contributed by atoms with E-state index in [0.29, 0.717) is 13.1 Å². The molecule has 1 saturated heterocycles. The van der Waals surface area contributed by atoms with Crippen LogP contribution in [0.1, 0.15) is 17.2 Å². The van der Waals surface area contributed by atoms with E-state index in [0.717, 1.165) is 16.9 Å². The zero-order valence-electron chi connectivity index (χ0n) is 15.2. The van der Waals surface area contributed by atoms with Crippen LogP contribution >= 0.6 is 0 Å². The molecule has 1 unspecified atom stereocenters. The SMILES string of the molecule is C#Cc1ccc(-n2ccc(C3[C@H]4CN(C(=O)O[C@H](CO)C(F)(F)F)C[C@@H]34)n2)cc1. The second-order valence-electron chi connectivity index (χ2n) is 7.23. The molecule has 1 saturated carbocycles. The van der Waals surface area contributed by atoms with Crippen molar-refractivity contribution in [2.75, 3.05) is 19.7 Å². The Bertz CT molecular complexity index is 936. The molecule has 1 aromatic carbocycles. The average molecular weight is 405 g/mol. The smallest absolute Gasteiger partial charge is 0.427 e. The van der Waals surface area contributed by atoms with Gasteiger partial charge in [-0.15, -0.1) is 6.42 Å². The van der Waals surface area contributed by atoms with Crippen LogP contribution in [-0.4, -0.2) is 57.9 Å². The quantitative estimate of drug-likeness (QED) is 0.794. The second-order valence-corrected chi connectivity index (χ2v) is 7.23. The molecule has 0 radical (unpaired) electrons. The molecule has 1 aliphatic heterocycles. The number of alkyl halides is 3. The summed E-state index contributed by atoms with van der Waals surface area (Å²) < 4.78 is 44.1. The molecule has 0 bridgehead atoms. The van der Waals surface area contributed by atoms with Crippen molar-refractivity contribution in [3.05, 3.63) is 47.8 Å². The second kappa shape index (κ2) is 7.12. The van der Waals surface area contributed by atoms with E-state index >= 15 is 0 Å². The normalized spacial score (nSPS) is 24.0. The summed E-state index contributed by atoms with van der Waals surface area (Å²) in [6, 6.07) is 9.30. The number of rotatable bonds is 4. The van der Waals surface area contributed by atoms with Crippen LogP contribution < -0.4 is 0 Å². The van der Waals surface area contributed by atoms with Crippen molar-refractivity contribution < 1.29 is 27.8 Å². The number of benzene rings is 1. The monoisotopic (exact) mass is 405 g/mol. The highest BCUT2D eigenvalue weighted by molar-refractivity contribution is 5.69. The molecule has 2 aromatic rings. The summed E-state index contributed by atoms with van der Waals surface area (Å²) >= 11 is 0. The average Bonchev–Trinajstić information content (AvgIpc) is 3.07. The Balaban J connectivity index is 1.35. The number of ether oxygens (including phenoxy) is 1. The van der Waals surface area contributed by atoms with E-state index in [1.807, 2.05) is 36.5 Å². The lowest BCUT2D eigenvalue weighted by Gasteiger charge is -2.24. The summed E-state index contributed by atoms with van der Waals surface area (Å²) in [4.78, 5) is 13.2. The van der Waals surface area contributed by atoms with E-state index in [9.17, 15) is 18.0 Å². The zero-order chi connectivity index (χ0) is 20.8. The lowest BCUT2D eigenvalue weighted by Crippen LogP contribution is -2.42. The van der Waals surface area contributed by atoms with Gasteiger partial charge in [-0.1, -0.05) is 5.92 Å². The van der Waals surface area contributed by atoms with Gasteiger partial charge < -0.3 is 14.7 Å². The van der Waals surface area contributed by atoms with Crippen molar-refractivity contribution in [3.8, 4) is 18.0 Å². The van der Waals surface area contributed by atoms with Gasteiger partial charge in [0, 0.05) is 30.8 Å². The van der Waals surface area contributed by atoms with Crippen LogP contribution in [0.25, 0.3) is 5.69 Å². The fraction of sp³-hybridized carbons (Fsp3) is 0.400. The van der Waals surface area contributed by atoms with E-state index in [1.165, 1.54) is 4.90 Å². The zero-order valence-corrected chi connectivity index (χ0v) is 15.2. The molecule has 1 N–H and O–H groups in total. The maximum Gasteiger partial charge on any atom is 0.427 e. The number of hydrogen-bond acceptors (Lipinski definition) is 4. The Kier molecular flexibility index (Phi) is 4.74. The number of nitrogens with zero attached hydrogens (tertiary/aromatic N) is 3. The van der Waals surface area contributed by atoms with Crippen molar-refractivity contribution >= 4 is 6.09 Å². The predicted molar refractivity (Wildman–Crippen MR) is 96.2 cm³/mol. The fourth-order valence-electron chi connectivity index (χ4n) is 3.89. The minimum atomic E-state index is -4.79. The van der Waals surface area contributed by atoms with Gasteiger partial charge in [0.1, 0.15) is 0 Å². The Morgan fingerprint density at radius 2 is 1.93 bits per heavy atom. The number of hydrogen-bond donors (Lipinski definition) is 1. The first-order chi connectivity index (χ1) is 13.8. The van der Waals surface area contributed by atoms with Gasteiger partial charge in [0.05, 0.1) is 18.0 Å². The van der Waals surface area contributed by atoms with Crippen LogP contribution in [0.5, 0.6) is 0 Å². The number of amides is 1. The maximum atomic E-state index is 12.6. The van der Waals surface area contributed by atoms with Gasteiger partial charge in [0.25, 0.3) is 0 Å². The Morgan fingerprint density at radius 1 is 1.28 bits per heavy atom. The molecule has 1 aromatic heterocycles. The largest absolute Gasteiger partial charge is 0.434 e. The molecule has 0 spiro atoms. The molecule has 29 heavy (non-hydrogen) atoms. The van der Waals surface area contributed by atoms with Gasteiger partial charge in [-0.05, 0) is 42.2 Å². The maximum absolute atomic E-state index is 12.6. The first kappa shape index (κ1) is 19.3. The fourth-order valence-corrected chi connectivity index (χ4v) is 3.89. The van der Waals surface area contributed by atoms with E-state index in [2.05, 4.69) is 15.8 Å². The van der Waals surface area contributed by atoms with Crippen LogP contribution in [0.2, 0.25) is 0 Å². The summed E-state index contributed by atoms with van der Waals surface area (Å²) in [6.07, 6.45) is -1.14. The van der Waals surface area contributed by atoms with Gasteiger partial charge in [-0.25, -0.2) is 9.48 Å². The van der Waals surface area contributed by atoms with Crippen LogP contribution in [0.3, 0.4) is 0 Å². The summed E-state index contributed by atoms with van der Waals surface area (Å²) in [7, 11) is 0. The highest BCUT2D eigenvalue weighted by Crippen LogP contribution is 2.57. The van der Waals surface area contributed by atoms with Gasteiger partial charge >= 0.3 is 12.3 Å². The van der Waals surface area contributed by atoms with E-state index in [-0.39, 0.29) is 17.8 Å². The lowest BCUT2D eigenvalue weighted by atomic mass is 10.2. The summed E-state index contributed by atoms with van der Waals surface area (Å²) in [6.45, 7) is -0.667. The van der Waals surface area contributed by atoms with E-state index < -0.39 is 25.0 Å². The number of aliphatic hydroxyl groups excluding tert-OH is 1. The molecule has 152 valence electrons. The standard InChI is InChI=1S/C20H18F3N3O3/c1-2-12-3-5-13(6-4-12)26-8-7-16(24-26)18-14-9-25(10-15(14)18)19(28)29-17(11-27)20(21,22)23/h1,3-8,14-15,17-18,27H,9-11H2/t14-,15+,17-,18?/m1/s1. The summed E-state index contributed by atoms with van der Waals surface area (Å²) in [5.74, 6) is 3.02. The molecule has 9 heteroatoms. The molecule has 4 atom stereocenters. The number of piperidine rings is 1. The number of fused-ring (bicyclic) bond motifs is 1. The van der Waals surface area contributed by atoms with E-state index in [1.54, 1.807) is 4.68 Å². The van der Waals surface area contributed by atoms with Crippen molar-refractivity contribution in [1.29, 1.82) is 0 Å². The third kappa shape index (κ3) is 3.68. The van der Waals surface area contributed by atoms with Gasteiger partial charge in [-0.3, -0.25) is 0 Å². The van der Waals surface area contributed by atoms with Crippen molar-refractivity contribution in [1.82, 2.24) is 14.7 Å². The Labute approximate surface area is 164 Å². The predicted octanol–water partition coefficient (Wildman–Crippen LogP) is 2.56. The molecule has 2 aliphatic rings. The van der Waals surface area contributed by atoms with Gasteiger partial charge in [0.15, 0.2) is 0 Å². The number of aromatic nitrogens is 2. The highest BCUT2D eigenvalue weighted by atomic mass is 19.4. The number of carbonyl (C=O) groups excluding carboxylic acids is 1. The third-order valence-corrected chi connectivity index (χ3v) is 5.48. The number of carbonyl (C=O) groups is 1. The molecule has 2 fully saturated rings. The first-order valence-corrected chi connectivity index (χ1v) is 9.07. The molecule has 1 amide bonds. The van der Waals surface area contributed by atoms with Gasteiger partial charge in [0.2, 0.25) is 6.10 Å². The van der Waals surface area contributed by atoms with Crippen molar-refractivity contribution in [2.24, 2.45) is 11.8 Å². The molecular weight excluding hydrogens is 387 g/mol. The van der Waals surface area contributed by atoms with Crippen LogP contribution in [-0.2, 0) is 4.74 Å². The van der Waals surface area contributed by atoms with Crippen LogP contribution in [0.15, 0.2) is 36.5 Å². The molecule has 4 rings (SSSR count). The highest BCUT2D eigenvalue weighted by Gasteiger charge is 2.59. The summed E-state index contributed by atoms with van der Waals surface area (Å²) in [5, 5.41) is 13.4. The molecule has 1 aliphatic carbocycles. The van der Waals surface area contributed by atoms with Crippen LogP contribution in [0.4, 0.5) is 18.0 Å². The van der Waals surface area contributed by atoms with E-state index in [4.69, 9.17) is 11.5 Å². The minimum Gasteiger partial charge on any atom is -0.434 e. The lowest BCUT2D eigenvalue weighted by molar-refractivity contribution is -0.214. The minimum absolute atomic E-state index is 0.146.